The van der Waals surface area contributed by atoms with Gasteiger partial charge in [0.1, 0.15) is 5.75 Å². The van der Waals surface area contributed by atoms with Gasteiger partial charge in [-0.3, -0.25) is 0 Å². The molecule has 1 aromatic carbocycles. The van der Waals surface area contributed by atoms with Crippen LogP contribution in [-0.4, -0.2) is 31.5 Å². The summed E-state index contributed by atoms with van der Waals surface area (Å²) >= 11 is 6.41. The summed E-state index contributed by atoms with van der Waals surface area (Å²) in [5, 5.41) is 0.575. The minimum absolute atomic E-state index is 0.367. The van der Waals surface area contributed by atoms with Crippen molar-refractivity contribution in [3.05, 3.63) is 23.2 Å². The van der Waals surface area contributed by atoms with Crippen LogP contribution in [0.3, 0.4) is 0 Å². The highest BCUT2D eigenvalue weighted by molar-refractivity contribution is 6.62. The van der Waals surface area contributed by atoms with Crippen LogP contribution in [0.4, 0.5) is 0 Å². The van der Waals surface area contributed by atoms with Gasteiger partial charge in [-0.15, -0.1) is 0 Å². The minimum Gasteiger partial charge on any atom is -0.492 e. The van der Waals surface area contributed by atoms with Crippen molar-refractivity contribution in [3.8, 4) is 5.75 Å². The van der Waals surface area contributed by atoms with E-state index in [1.807, 2.05) is 45.9 Å². The summed E-state index contributed by atoms with van der Waals surface area (Å²) in [4.78, 5) is 0. The summed E-state index contributed by atoms with van der Waals surface area (Å²) < 4.78 is 18.0. The predicted molar refractivity (Wildman–Crippen MR) is 105 cm³/mol. The molecule has 4 nitrogen and oxygen atoms in total. The summed E-state index contributed by atoms with van der Waals surface area (Å²) in [5.41, 5.74) is 5.85. The second-order valence-electron chi connectivity index (χ2n) is 8.27. The molecule has 0 spiro atoms. The lowest BCUT2D eigenvalue weighted by Crippen LogP contribution is -2.41. The number of hydrogen-bond donors (Lipinski definition) is 1. The van der Waals surface area contributed by atoms with Crippen molar-refractivity contribution in [1.82, 2.24) is 0 Å². The first-order valence-electron chi connectivity index (χ1n) is 9.03. The van der Waals surface area contributed by atoms with Crippen LogP contribution in [0.1, 0.15) is 48.0 Å². The zero-order valence-electron chi connectivity index (χ0n) is 16.3. The lowest BCUT2D eigenvalue weighted by molar-refractivity contribution is 0.00578. The molecule has 0 aromatic heterocycles. The van der Waals surface area contributed by atoms with Crippen molar-refractivity contribution < 1.29 is 14.0 Å². The first-order valence-corrected chi connectivity index (χ1v) is 9.41. The first kappa shape index (κ1) is 20.6. The molecule has 1 aliphatic heterocycles. The van der Waals surface area contributed by atoms with Crippen molar-refractivity contribution in [2.24, 2.45) is 17.6 Å². The summed E-state index contributed by atoms with van der Waals surface area (Å²) in [6, 6.07) is 5.71. The third-order valence-corrected chi connectivity index (χ3v) is 5.51. The number of rotatable bonds is 7. The molecule has 0 radical (unpaired) electrons. The van der Waals surface area contributed by atoms with Gasteiger partial charge in [0, 0.05) is 0 Å². The molecule has 2 rings (SSSR count). The van der Waals surface area contributed by atoms with Gasteiger partial charge in [0.05, 0.1) is 22.8 Å². The van der Waals surface area contributed by atoms with E-state index in [4.69, 9.17) is 31.4 Å². The SMILES string of the molecule is CC(CN)C[C@@H](C)COc1ccc(B2OC(C)(C)C(C)(C)O2)cc1Cl. The van der Waals surface area contributed by atoms with Crippen LogP contribution >= 0.6 is 11.6 Å². The normalized spacial score (nSPS) is 21.2. The molecular weight excluding hydrogens is 336 g/mol. The highest BCUT2D eigenvalue weighted by Crippen LogP contribution is 2.37. The average Bonchev–Trinajstić information content (AvgIpc) is 2.74. The van der Waals surface area contributed by atoms with E-state index in [1.54, 1.807) is 0 Å². The summed E-state index contributed by atoms with van der Waals surface area (Å²) in [6.45, 7) is 13.8. The quantitative estimate of drug-likeness (QED) is 0.748. The molecule has 1 fully saturated rings. The van der Waals surface area contributed by atoms with E-state index in [9.17, 15) is 0 Å². The maximum atomic E-state index is 6.41. The molecule has 0 amide bonds. The fourth-order valence-electron chi connectivity index (χ4n) is 2.84. The van der Waals surface area contributed by atoms with Gasteiger partial charge in [-0.1, -0.05) is 31.5 Å². The highest BCUT2D eigenvalue weighted by Gasteiger charge is 2.51. The van der Waals surface area contributed by atoms with Crippen LogP contribution in [0, 0.1) is 11.8 Å². The molecule has 2 atom stereocenters. The van der Waals surface area contributed by atoms with Crippen LogP contribution in [0.2, 0.25) is 5.02 Å². The van der Waals surface area contributed by atoms with Gasteiger partial charge in [0.2, 0.25) is 0 Å². The van der Waals surface area contributed by atoms with Crippen LogP contribution in [-0.2, 0) is 9.31 Å². The molecule has 0 aliphatic carbocycles. The van der Waals surface area contributed by atoms with Gasteiger partial charge in [0.25, 0.3) is 0 Å². The largest absolute Gasteiger partial charge is 0.494 e. The van der Waals surface area contributed by atoms with E-state index in [-0.39, 0.29) is 11.2 Å². The number of halogens is 1. The van der Waals surface area contributed by atoms with Crippen LogP contribution in [0.5, 0.6) is 5.75 Å². The van der Waals surface area contributed by atoms with Crippen molar-refractivity contribution in [2.75, 3.05) is 13.2 Å². The third kappa shape index (κ3) is 4.91. The molecular formula is C19H31BClNO3. The van der Waals surface area contributed by atoms with E-state index >= 15 is 0 Å². The van der Waals surface area contributed by atoms with Crippen molar-refractivity contribution in [3.63, 3.8) is 0 Å². The molecule has 6 heteroatoms. The molecule has 1 aliphatic rings. The molecule has 140 valence electrons. The summed E-state index contributed by atoms with van der Waals surface area (Å²) in [5.74, 6) is 1.62. The Morgan fingerprint density at radius 2 is 1.72 bits per heavy atom. The highest BCUT2D eigenvalue weighted by atomic mass is 35.5. The average molecular weight is 368 g/mol. The second-order valence-corrected chi connectivity index (χ2v) is 8.68. The Morgan fingerprint density at radius 3 is 2.24 bits per heavy atom. The molecule has 1 aromatic rings. The standard InChI is InChI=1S/C19H31BClNO3/c1-13(11-22)9-14(2)12-23-17-8-7-15(10-16(17)21)20-24-18(3,4)19(5,6)25-20/h7-8,10,13-14H,9,11-12,22H2,1-6H3/t13?,14-/m1/s1. The number of ether oxygens (including phenoxy) is 1. The molecule has 1 heterocycles. The Kier molecular flexibility index (Phi) is 6.47. The Labute approximate surface area is 157 Å². The third-order valence-electron chi connectivity index (χ3n) is 5.21. The van der Waals surface area contributed by atoms with E-state index in [0.717, 1.165) is 11.9 Å². The first-order chi connectivity index (χ1) is 11.6. The van der Waals surface area contributed by atoms with E-state index in [0.29, 0.717) is 35.8 Å². The molecule has 25 heavy (non-hydrogen) atoms. The van der Waals surface area contributed by atoms with Crippen molar-refractivity contribution in [1.29, 1.82) is 0 Å². The Hall–Kier alpha value is -0.745. The van der Waals surface area contributed by atoms with Gasteiger partial charge >= 0.3 is 7.12 Å². The smallest absolute Gasteiger partial charge is 0.492 e. The van der Waals surface area contributed by atoms with E-state index in [2.05, 4.69) is 13.8 Å². The summed E-state index contributed by atoms with van der Waals surface area (Å²) in [7, 11) is -0.416. The monoisotopic (exact) mass is 367 g/mol. The van der Waals surface area contributed by atoms with Crippen LogP contribution in [0.25, 0.3) is 0 Å². The fraction of sp³-hybridized carbons (Fsp3) is 0.684. The molecule has 1 saturated heterocycles. The van der Waals surface area contributed by atoms with Crippen molar-refractivity contribution >= 4 is 24.2 Å². The summed E-state index contributed by atoms with van der Waals surface area (Å²) in [6.07, 6.45) is 1.04. The van der Waals surface area contributed by atoms with Crippen LogP contribution < -0.4 is 15.9 Å². The van der Waals surface area contributed by atoms with Gasteiger partial charge < -0.3 is 19.8 Å². The number of nitrogens with two attached hydrogens (primary N) is 1. The molecule has 0 bridgehead atoms. The Balaban J connectivity index is 1.99. The second kappa shape index (κ2) is 7.87. The van der Waals surface area contributed by atoms with Gasteiger partial charge in [0.15, 0.2) is 0 Å². The van der Waals surface area contributed by atoms with E-state index in [1.165, 1.54) is 0 Å². The molecule has 1 unspecified atom stereocenters. The fourth-order valence-corrected chi connectivity index (χ4v) is 3.09. The topological polar surface area (TPSA) is 53.7 Å². The van der Waals surface area contributed by atoms with Crippen molar-refractivity contribution in [2.45, 2.75) is 59.2 Å². The zero-order chi connectivity index (χ0) is 18.8. The van der Waals surface area contributed by atoms with E-state index < -0.39 is 7.12 Å². The van der Waals surface area contributed by atoms with Gasteiger partial charge in [-0.25, -0.2) is 0 Å². The number of hydrogen-bond acceptors (Lipinski definition) is 4. The number of benzene rings is 1. The molecule has 0 saturated carbocycles. The predicted octanol–water partition coefficient (Wildman–Crippen LogP) is 3.64. The Morgan fingerprint density at radius 1 is 1.12 bits per heavy atom. The van der Waals surface area contributed by atoms with Gasteiger partial charge in [-0.2, -0.15) is 0 Å². The zero-order valence-corrected chi connectivity index (χ0v) is 17.0. The van der Waals surface area contributed by atoms with Crippen LogP contribution in [0.15, 0.2) is 18.2 Å². The lowest BCUT2D eigenvalue weighted by Gasteiger charge is -2.32. The minimum atomic E-state index is -0.416. The lowest BCUT2D eigenvalue weighted by atomic mass is 9.79. The molecule has 2 N–H and O–H groups in total. The maximum absolute atomic E-state index is 6.41. The van der Waals surface area contributed by atoms with Gasteiger partial charge in [-0.05, 0) is 70.1 Å². The maximum Gasteiger partial charge on any atom is 0.494 e. The Bertz CT molecular complexity index is 578.